The van der Waals surface area contributed by atoms with Gasteiger partial charge in [-0.3, -0.25) is 24.1 Å². The quantitative estimate of drug-likeness (QED) is 0.561. The molecule has 2 aromatic carbocycles. The number of nitrogens with one attached hydrogen (secondary N) is 1. The second kappa shape index (κ2) is 7.73. The van der Waals surface area contributed by atoms with Crippen molar-refractivity contribution in [2.24, 2.45) is 0 Å². The number of aromatic hydroxyl groups is 1. The van der Waals surface area contributed by atoms with Gasteiger partial charge in [-0.15, -0.1) is 11.8 Å². The third kappa shape index (κ3) is 3.20. The summed E-state index contributed by atoms with van der Waals surface area (Å²) in [6, 6.07) is 8.19. The lowest BCUT2D eigenvalue weighted by molar-refractivity contribution is 0.0911. The summed E-state index contributed by atoms with van der Waals surface area (Å²) in [5.74, 6) is -2.90. The molecular formula is C23H17F2N3O4S. The monoisotopic (exact) mass is 469 g/mol. The average Bonchev–Trinajstić information content (AvgIpc) is 2.95. The van der Waals surface area contributed by atoms with E-state index in [9.17, 15) is 23.9 Å². The minimum Gasteiger partial charge on any atom is -0.502 e. The normalized spacial score (nSPS) is 16.9. The molecule has 5 rings (SSSR count). The van der Waals surface area contributed by atoms with Crippen LogP contribution in [0.3, 0.4) is 0 Å². The summed E-state index contributed by atoms with van der Waals surface area (Å²) in [5, 5.41) is 14.6. The Labute approximate surface area is 190 Å². The van der Waals surface area contributed by atoms with Crippen molar-refractivity contribution in [3.8, 4) is 5.75 Å². The van der Waals surface area contributed by atoms with Crippen LogP contribution in [0, 0.1) is 11.6 Å². The maximum Gasteiger partial charge on any atom is 0.275 e. The first-order chi connectivity index (χ1) is 15.8. The van der Waals surface area contributed by atoms with Crippen molar-refractivity contribution in [1.82, 2.24) is 9.99 Å². The topological polar surface area (TPSA) is 91.6 Å². The number of hydrogen-bond donors (Lipinski definition) is 2. The number of hydrogen-bond acceptors (Lipinski definition) is 6. The van der Waals surface area contributed by atoms with Crippen LogP contribution in [-0.2, 0) is 5.75 Å². The van der Waals surface area contributed by atoms with Crippen molar-refractivity contribution in [3.63, 3.8) is 0 Å². The highest BCUT2D eigenvalue weighted by molar-refractivity contribution is 7.98. The molecule has 0 aliphatic carbocycles. The molecule has 3 aromatic rings. The number of aromatic nitrogens is 1. The summed E-state index contributed by atoms with van der Waals surface area (Å²) in [4.78, 5) is 37.4. The highest BCUT2D eigenvalue weighted by Crippen LogP contribution is 2.44. The van der Waals surface area contributed by atoms with E-state index in [1.807, 2.05) is 0 Å². The van der Waals surface area contributed by atoms with E-state index in [-0.39, 0.29) is 23.5 Å². The Morgan fingerprint density at radius 1 is 1.15 bits per heavy atom. The molecule has 0 fully saturated rings. The maximum absolute atomic E-state index is 15.3. The second-order valence-corrected chi connectivity index (χ2v) is 8.72. The minimum absolute atomic E-state index is 0.148. The van der Waals surface area contributed by atoms with Crippen LogP contribution in [0.2, 0.25) is 0 Å². The summed E-state index contributed by atoms with van der Waals surface area (Å²) >= 11 is 1.23. The van der Waals surface area contributed by atoms with Gasteiger partial charge in [-0.2, -0.15) is 0 Å². The highest BCUT2D eigenvalue weighted by atomic mass is 32.2. The molecule has 1 aromatic heterocycles. The molecule has 168 valence electrons. The van der Waals surface area contributed by atoms with E-state index >= 15 is 4.39 Å². The van der Waals surface area contributed by atoms with E-state index in [4.69, 9.17) is 0 Å². The molecule has 0 bridgehead atoms. The number of carbonyl (C=O) groups excluding carboxylic acids is 2. The fraction of sp³-hybridized carbons (Fsp3) is 0.174. The van der Waals surface area contributed by atoms with Gasteiger partial charge in [0.2, 0.25) is 5.43 Å². The second-order valence-electron chi connectivity index (χ2n) is 7.74. The number of rotatable bonds is 2. The molecule has 10 heteroatoms. The van der Waals surface area contributed by atoms with Gasteiger partial charge in [0.1, 0.15) is 24.3 Å². The van der Waals surface area contributed by atoms with Crippen molar-refractivity contribution in [2.45, 2.75) is 23.6 Å². The van der Waals surface area contributed by atoms with Crippen LogP contribution in [0.15, 0.2) is 52.3 Å². The lowest BCUT2D eigenvalue weighted by Gasteiger charge is -2.40. The summed E-state index contributed by atoms with van der Waals surface area (Å²) in [5.41, 5.74) is -0.319. The number of fused-ring (bicyclic) bond motifs is 3. The number of carbonyl (C=O) groups is 2. The van der Waals surface area contributed by atoms with Crippen molar-refractivity contribution in [2.75, 3.05) is 11.7 Å². The number of benzene rings is 2. The van der Waals surface area contributed by atoms with Crippen LogP contribution in [-0.4, -0.2) is 28.1 Å². The first kappa shape index (κ1) is 21.2. The van der Waals surface area contributed by atoms with Gasteiger partial charge in [0.05, 0.1) is 5.56 Å². The van der Waals surface area contributed by atoms with Gasteiger partial charge in [0.25, 0.3) is 5.91 Å². The highest BCUT2D eigenvalue weighted by Gasteiger charge is 2.38. The molecule has 0 saturated heterocycles. The molecule has 1 amide bonds. The van der Waals surface area contributed by atoms with E-state index in [1.54, 1.807) is 18.2 Å². The zero-order valence-electron chi connectivity index (χ0n) is 17.3. The maximum atomic E-state index is 15.3. The van der Waals surface area contributed by atoms with Gasteiger partial charge < -0.3 is 10.4 Å². The van der Waals surface area contributed by atoms with Crippen LogP contribution in [0.1, 0.15) is 50.5 Å². The predicted octanol–water partition coefficient (Wildman–Crippen LogP) is 3.07. The number of ketones is 1. The number of thioether (sulfide) groups is 1. The van der Waals surface area contributed by atoms with Gasteiger partial charge in [-0.1, -0.05) is 24.3 Å². The molecule has 2 aliphatic rings. The Hall–Kier alpha value is -3.66. The Morgan fingerprint density at radius 3 is 2.64 bits per heavy atom. The largest absolute Gasteiger partial charge is 0.502 e. The third-order valence-electron chi connectivity index (χ3n) is 5.82. The first-order valence-corrected chi connectivity index (χ1v) is 11.0. The van der Waals surface area contributed by atoms with E-state index in [0.29, 0.717) is 21.8 Å². The van der Waals surface area contributed by atoms with Crippen LogP contribution in [0.5, 0.6) is 5.75 Å². The van der Waals surface area contributed by atoms with Crippen molar-refractivity contribution in [3.05, 3.63) is 92.4 Å². The molecule has 2 aliphatic heterocycles. The predicted molar refractivity (Wildman–Crippen MR) is 117 cm³/mol. The Morgan fingerprint density at radius 2 is 1.88 bits per heavy atom. The molecule has 3 heterocycles. The van der Waals surface area contributed by atoms with Crippen LogP contribution >= 0.6 is 11.8 Å². The molecule has 33 heavy (non-hydrogen) atoms. The minimum atomic E-state index is -0.972. The Kier molecular flexibility index (Phi) is 4.97. The Bertz CT molecular complexity index is 1410. The van der Waals surface area contributed by atoms with Gasteiger partial charge in [-0.05, 0) is 30.2 Å². The van der Waals surface area contributed by atoms with E-state index in [1.165, 1.54) is 39.6 Å². The molecule has 0 saturated carbocycles. The lowest BCUT2D eigenvalue weighted by Crippen LogP contribution is -2.54. The molecular weight excluding hydrogens is 452 g/mol. The zero-order chi connectivity index (χ0) is 23.4. The average molecular weight is 469 g/mol. The smallest absolute Gasteiger partial charge is 0.275 e. The number of halogens is 2. The molecule has 0 radical (unpaired) electrons. The van der Waals surface area contributed by atoms with Gasteiger partial charge >= 0.3 is 0 Å². The standard InChI is InChI=1S/C23H17F2N3O4S/c1-11(29)14-8-27-19(21(31)20(14)30)23(32)26-10-28(27)18-13-5-3-7-16(25)22(13)33-9-12-4-2-6-15(24)17(12)18/h2-8,18,31H,9-10H2,1H3,(H,26,32)/t18-/m1/s1. The molecule has 0 spiro atoms. The molecule has 0 unspecified atom stereocenters. The summed E-state index contributed by atoms with van der Waals surface area (Å²) < 4.78 is 31.3. The fourth-order valence-corrected chi connectivity index (χ4v) is 5.41. The number of Topliss-reactive ketones (excluding diaryl/α,β-unsaturated/α-hetero) is 1. The fourth-order valence-electron chi connectivity index (χ4n) is 4.30. The van der Waals surface area contributed by atoms with Crippen molar-refractivity contribution < 1.29 is 23.5 Å². The third-order valence-corrected chi connectivity index (χ3v) is 6.99. The van der Waals surface area contributed by atoms with E-state index in [0.717, 1.165) is 13.1 Å². The number of pyridine rings is 1. The number of amides is 1. The lowest BCUT2D eigenvalue weighted by atomic mass is 9.93. The van der Waals surface area contributed by atoms with E-state index in [2.05, 4.69) is 5.32 Å². The van der Waals surface area contributed by atoms with Gasteiger partial charge in [0.15, 0.2) is 17.2 Å². The van der Waals surface area contributed by atoms with Gasteiger partial charge in [0, 0.05) is 22.4 Å². The summed E-state index contributed by atoms with van der Waals surface area (Å²) in [7, 11) is 0. The van der Waals surface area contributed by atoms with E-state index < -0.39 is 40.5 Å². The van der Waals surface area contributed by atoms with Crippen molar-refractivity contribution in [1.29, 1.82) is 0 Å². The SMILES string of the molecule is CC(=O)c1cn2c(c(O)c1=O)C(=O)NCN2[C@@H]1c2cccc(F)c2SCc2cccc(F)c21. The molecule has 7 nitrogen and oxygen atoms in total. The van der Waals surface area contributed by atoms with Gasteiger partial charge in [-0.25, -0.2) is 8.78 Å². The van der Waals surface area contributed by atoms with Crippen LogP contribution < -0.4 is 15.8 Å². The van der Waals surface area contributed by atoms with Crippen LogP contribution in [0.4, 0.5) is 8.78 Å². The Balaban J connectivity index is 1.84. The zero-order valence-corrected chi connectivity index (χ0v) is 18.1. The van der Waals surface area contributed by atoms with Crippen LogP contribution in [0.25, 0.3) is 0 Å². The first-order valence-electron chi connectivity index (χ1n) is 10.0. The summed E-state index contributed by atoms with van der Waals surface area (Å²) in [6.45, 7) is 1.02. The van der Waals surface area contributed by atoms with Crippen molar-refractivity contribution >= 4 is 23.5 Å². The summed E-state index contributed by atoms with van der Waals surface area (Å²) in [6.07, 6.45) is 1.16. The number of nitrogens with zero attached hydrogens (tertiary/aromatic N) is 2. The molecule has 2 N–H and O–H groups in total. The molecule has 1 atom stereocenters.